The highest BCUT2D eigenvalue weighted by Gasteiger charge is 2.33. The first-order valence-corrected chi connectivity index (χ1v) is 12.3. The van der Waals surface area contributed by atoms with Crippen LogP contribution in [0.4, 0.5) is 10.5 Å². The van der Waals surface area contributed by atoms with Gasteiger partial charge in [-0.15, -0.1) is 0 Å². The summed E-state index contributed by atoms with van der Waals surface area (Å²) < 4.78 is 3.77. The van der Waals surface area contributed by atoms with Crippen LogP contribution in [-0.2, 0) is 35.5 Å². The Balaban J connectivity index is 1.56. The highest BCUT2D eigenvalue weighted by atomic mass is 16.4. The van der Waals surface area contributed by atoms with Crippen molar-refractivity contribution in [1.29, 1.82) is 0 Å². The SMILES string of the molecule is Cc1cc2c(c3nc(CCn4cccn4)n(CC(=O)N4CCC(C(N)=O)C4)c13)CCC(C)N2C(=O)O. The Morgan fingerprint density at radius 3 is 2.72 bits per heavy atom. The lowest BCUT2D eigenvalue weighted by Gasteiger charge is -2.33. The van der Waals surface area contributed by atoms with Gasteiger partial charge in [0, 0.05) is 50.1 Å². The summed E-state index contributed by atoms with van der Waals surface area (Å²) in [4.78, 5) is 45.1. The number of hydrogen-bond donors (Lipinski definition) is 2. The van der Waals surface area contributed by atoms with Gasteiger partial charge in [0.15, 0.2) is 0 Å². The Bertz CT molecular complexity index is 1330. The minimum Gasteiger partial charge on any atom is -0.465 e. The number of fused-ring (bicyclic) bond motifs is 3. The van der Waals surface area contributed by atoms with E-state index in [2.05, 4.69) is 5.10 Å². The van der Waals surface area contributed by atoms with E-state index in [1.54, 1.807) is 11.1 Å². The zero-order chi connectivity index (χ0) is 25.6. The highest BCUT2D eigenvalue weighted by Crippen LogP contribution is 2.38. The lowest BCUT2D eigenvalue weighted by molar-refractivity contribution is -0.131. The van der Waals surface area contributed by atoms with Crippen LogP contribution in [0.25, 0.3) is 11.0 Å². The molecule has 1 saturated heterocycles. The van der Waals surface area contributed by atoms with E-state index >= 15 is 0 Å². The highest BCUT2D eigenvalue weighted by molar-refractivity contribution is 5.96. The summed E-state index contributed by atoms with van der Waals surface area (Å²) in [6, 6.07) is 3.64. The largest absolute Gasteiger partial charge is 0.465 e. The number of carbonyl (C=O) groups is 3. The Morgan fingerprint density at radius 2 is 2.06 bits per heavy atom. The smallest absolute Gasteiger partial charge is 0.412 e. The predicted molar refractivity (Wildman–Crippen MR) is 133 cm³/mol. The first-order valence-electron chi connectivity index (χ1n) is 12.3. The summed E-state index contributed by atoms with van der Waals surface area (Å²) >= 11 is 0. The first-order chi connectivity index (χ1) is 17.2. The molecule has 1 fully saturated rings. The molecular weight excluding hydrogens is 462 g/mol. The molecule has 1 aromatic carbocycles. The molecule has 36 heavy (non-hydrogen) atoms. The summed E-state index contributed by atoms with van der Waals surface area (Å²) in [6.45, 7) is 5.37. The summed E-state index contributed by atoms with van der Waals surface area (Å²) in [5.41, 5.74) is 9.50. The van der Waals surface area contributed by atoms with Crippen LogP contribution in [0.15, 0.2) is 24.5 Å². The van der Waals surface area contributed by atoms with Gasteiger partial charge in [0.25, 0.3) is 0 Å². The molecule has 0 spiro atoms. The number of anilines is 1. The molecule has 0 bridgehead atoms. The number of carboxylic acid groups (broad SMARTS) is 1. The maximum absolute atomic E-state index is 13.3. The maximum atomic E-state index is 13.3. The van der Waals surface area contributed by atoms with Gasteiger partial charge in [0.05, 0.1) is 22.6 Å². The number of amides is 3. The molecular formula is C25H31N7O4. The van der Waals surface area contributed by atoms with Crippen molar-refractivity contribution >= 4 is 34.6 Å². The number of aromatic nitrogens is 4. The molecule has 2 aliphatic heterocycles. The number of primary amides is 1. The molecule has 190 valence electrons. The lowest BCUT2D eigenvalue weighted by atomic mass is 9.94. The standard InChI is InChI=1S/C25H31N7O4/c1-15-12-19-18(5-4-16(2)32(19)25(35)36)22-23(15)31(20(28-22)7-11-30-9-3-8-27-30)14-21(33)29-10-6-17(13-29)24(26)34/h3,8-9,12,16-17H,4-7,10-11,13-14H2,1-2H3,(H2,26,34)(H,35,36). The Hall–Kier alpha value is -3.89. The third kappa shape index (κ3) is 4.18. The fraction of sp³-hybridized carbons (Fsp3) is 0.480. The molecule has 11 nitrogen and oxygen atoms in total. The molecule has 2 atom stereocenters. The van der Waals surface area contributed by atoms with Gasteiger partial charge in [-0.1, -0.05) is 0 Å². The fourth-order valence-corrected chi connectivity index (χ4v) is 5.53. The second-order valence-electron chi connectivity index (χ2n) is 9.79. The summed E-state index contributed by atoms with van der Waals surface area (Å²) in [5.74, 6) is -0.0312. The van der Waals surface area contributed by atoms with Crippen LogP contribution in [0.2, 0.25) is 0 Å². The number of nitrogens with zero attached hydrogens (tertiary/aromatic N) is 6. The van der Waals surface area contributed by atoms with Crippen molar-refractivity contribution in [3.63, 3.8) is 0 Å². The number of rotatable bonds is 6. The minimum atomic E-state index is -0.978. The van der Waals surface area contributed by atoms with E-state index in [0.29, 0.717) is 51.0 Å². The summed E-state index contributed by atoms with van der Waals surface area (Å²) in [7, 11) is 0. The third-order valence-electron chi connectivity index (χ3n) is 7.45. The van der Waals surface area contributed by atoms with Gasteiger partial charge in [-0.3, -0.25) is 19.2 Å². The van der Waals surface area contributed by atoms with Crippen LogP contribution in [0.1, 0.15) is 36.7 Å². The number of likely N-dealkylation sites (tertiary alicyclic amines) is 1. The number of benzene rings is 1. The molecule has 2 unspecified atom stereocenters. The van der Waals surface area contributed by atoms with Crippen molar-refractivity contribution in [2.45, 2.75) is 58.7 Å². The normalized spacial score (nSPS) is 19.6. The molecule has 2 aliphatic rings. The molecule has 0 radical (unpaired) electrons. The second-order valence-corrected chi connectivity index (χ2v) is 9.79. The van der Waals surface area contributed by atoms with Gasteiger partial charge in [-0.25, -0.2) is 9.78 Å². The van der Waals surface area contributed by atoms with Crippen LogP contribution >= 0.6 is 0 Å². The van der Waals surface area contributed by atoms with Gasteiger partial charge in [0.2, 0.25) is 11.8 Å². The van der Waals surface area contributed by atoms with E-state index in [1.165, 1.54) is 4.90 Å². The van der Waals surface area contributed by atoms with E-state index in [9.17, 15) is 19.5 Å². The molecule has 4 heterocycles. The Kier molecular flexibility index (Phi) is 6.15. The Labute approximate surface area is 208 Å². The third-order valence-corrected chi connectivity index (χ3v) is 7.45. The molecule has 0 saturated carbocycles. The molecule has 3 aromatic rings. The van der Waals surface area contributed by atoms with E-state index in [-0.39, 0.29) is 30.3 Å². The summed E-state index contributed by atoms with van der Waals surface area (Å²) in [5, 5.41) is 14.2. The molecule has 2 aromatic heterocycles. The van der Waals surface area contributed by atoms with Crippen LogP contribution < -0.4 is 10.6 Å². The van der Waals surface area contributed by atoms with Crippen LogP contribution in [-0.4, -0.2) is 66.4 Å². The Morgan fingerprint density at radius 1 is 1.25 bits per heavy atom. The van der Waals surface area contributed by atoms with Crippen molar-refractivity contribution in [2.24, 2.45) is 11.7 Å². The molecule has 11 heteroatoms. The first kappa shape index (κ1) is 23.8. The van der Waals surface area contributed by atoms with Crippen molar-refractivity contribution in [3.05, 3.63) is 41.5 Å². The topological polar surface area (TPSA) is 140 Å². The van der Waals surface area contributed by atoms with Crippen LogP contribution in [0, 0.1) is 12.8 Å². The number of hydrogen-bond acceptors (Lipinski definition) is 5. The predicted octanol–water partition coefficient (Wildman–Crippen LogP) is 1.94. The second kappa shape index (κ2) is 9.29. The molecule has 3 amide bonds. The number of carbonyl (C=O) groups excluding carboxylic acids is 2. The fourth-order valence-electron chi connectivity index (χ4n) is 5.53. The number of nitrogens with two attached hydrogens (primary N) is 1. The van der Waals surface area contributed by atoms with E-state index in [0.717, 1.165) is 28.0 Å². The zero-order valence-electron chi connectivity index (χ0n) is 20.6. The van der Waals surface area contributed by atoms with E-state index < -0.39 is 6.09 Å². The number of aryl methyl sites for hydroxylation is 4. The monoisotopic (exact) mass is 493 g/mol. The van der Waals surface area contributed by atoms with Gasteiger partial charge in [-0.05, 0) is 50.8 Å². The van der Waals surface area contributed by atoms with Crippen molar-refractivity contribution in [2.75, 3.05) is 18.0 Å². The van der Waals surface area contributed by atoms with Gasteiger partial charge in [0.1, 0.15) is 12.4 Å². The van der Waals surface area contributed by atoms with Gasteiger partial charge < -0.3 is 20.3 Å². The average molecular weight is 494 g/mol. The minimum absolute atomic E-state index is 0.0868. The molecule has 0 aliphatic carbocycles. The number of imidazole rings is 1. The van der Waals surface area contributed by atoms with Gasteiger partial charge in [-0.2, -0.15) is 5.10 Å². The van der Waals surface area contributed by atoms with Crippen LogP contribution in [0.5, 0.6) is 0 Å². The molecule has 3 N–H and O–H groups in total. The van der Waals surface area contributed by atoms with Crippen molar-refractivity contribution in [1.82, 2.24) is 24.2 Å². The van der Waals surface area contributed by atoms with Crippen molar-refractivity contribution < 1.29 is 19.5 Å². The lowest BCUT2D eigenvalue weighted by Crippen LogP contribution is -2.41. The quantitative estimate of drug-likeness (QED) is 0.538. The average Bonchev–Trinajstić information content (AvgIpc) is 3.58. The van der Waals surface area contributed by atoms with Gasteiger partial charge >= 0.3 is 6.09 Å². The summed E-state index contributed by atoms with van der Waals surface area (Å²) in [6.07, 6.45) is 5.17. The zero-order valence-corrected chi connectivity index (χ0v) is 20.6. The van der Waals surface area contributed by atoms with Crippen LogP contribution in [0.3, 0.4) is 0 Å². The molecule has 5 rings (SSSR count). The maximum Gasteiger partial charge on any atom is 0.412 e. The van der Waals surface area contributed by atoms with E-state index in [4.69, 9.17) is 10.7 Å². The van der Waals surface area contributed by atoms with Crippen molar-refractivity contribution in [3.8, 4) is 0 Å². The van der Waals surface area contributed by atoms with E-state index in [1.807, 2.05) is 41.4 Å².